The van der Waals surface area contributed by atoms with E-state index >= 15 is 0 Å². The van der Waals surface area contributed by atoms with E-state index in [1.54, 1.807) is 30.1 Å². The minimum atomic E-state index is -3.71. The number of hydrogen-bond donors (Lipinski definition) is 0. The van der Waals surface area contributed by atoms with Crippen LogP contribution >= 0.6 is 23.2 Å². The topological polar surface area (TPSA) is 57.7 Å². The normalized spacial score (nSPS) is 17.0. The summed E-state index contributed by atoms with van der Waals surface area (Å²) in [6.07, 6.45) is 0.843. The molecule has 0 aliphatic carbocycles. The number of amides is 1. The first-order chi connectivity index (χ1) is 14.1. The average Bonchev–Trinajstić information content (AvgIpc) is 2.72. The summed E-state index contributed by atoms with van der Waals surface area (Å²) in [4.78, 5) is 14.7. The van der Waals surface area contributed by atoms with E-state index in [4.69, 9.17) is 23.2 Å². The van der Waals surface area contributed by atoms with E-state index < -0.39 is 15.8 Å². The van der Waals surface area contributed by atoms with Gasteiger partial charge in [-0.15, -0.1) is 0 Å². The van der Waals surface area contributed by atoms with Crippen LogP contribution in [0.5, 0.6) is 0 Å². The molecule has 1 amide bonds. The summed E-state index contributed by atoms with van der Waals surface area (Å²) in [5.41, 5.74) is 0.799. The van der Waals surface area contributed by atoms with E-state index in [-0.39, 0.29) is 35.9 Å². The zero-order valence-electron chi connectivity index (χ0n) is 16.7. The molecule has 2 aromatic carbocycles. The fourth-order valence-corrected chi connectivity index (χ4v) is 5.66. The summed E-state index contributed by atoms with van der Waals surface area (Å²) in [5, 5.41) is 1.02. The van der Waals surface area contributed by atoms with Crippen molar-refractivity contribution in [2.75, 3.05) is 20.1 Å². The van der Waals surface area contributed by atoms with Gasteiger partial charge in [0.15, 0.2) is 0 Å². The van der Waals surface area contributed by atoms with Gasteiger partial charge in [0.2, 0.25) is 15.9 Å². The number of rotatable bonds is 5. The molecule has 5 nitrogen and oxygen atoms in total. The molecule has 1 heterocycles. The number of hydrogen-bond acceptors (Lipinski definition) is 3. The molecule has 0 saturated carbocycles. The van der Waals surface area contributed by atoms with Gasteiger partial charge in [-0.3, -0.25) is 4.79 Å². The van der Waals surface area contributed by atoms with Crippen molar-refractivity contribution in [1.82, 2.24) is 9.21 Å². The van der Waals surface area contributed by atoms with Crippen molar-refractivity contribution in [3.63, 3.8) is 0 Å². The summed E-state index contributed by atoms with van der Waals surface area (Å²) >= 11 is 12.2. The van der Waals surface area contributed by atoms with Crippen LogP contribution in [0.2, 0.25) is 10.0 Å². The van der Waals surface area contributed by atoms with Gasteiger partial charge in [-0.25, -0.2) is 12.8 Å². The van der Waals surface area contributed by atoms with Crippen LogP contribution in [0.4, 0.5) is 4.39 Å². The van der Waals surface area contributed by atoms with Crippen molar-refractivity contribution in [1.29, 1.82) is 0 Å². The van der Waals surface area contributed by atoms with E-state index in [0.717, 1.165) is 17.7 Å². The van der Waals surface area contributed by atoms with E-state index in [1.807, 2.05) is 6.92 Å². The van der Waals surface area contributed by atoms with Gasteiger partial charge in [-0.2, -0.15) is 4.31 Å². The summed E-state index contributed by atoms with van der Waals surface area (Å²) < 4.78 is 40.0. The molecule has 1 aliphatic heterocycles. The van der Waals surface area contributed by atoms with Gasteiger partial charge in [0.25, 0.3) is 0 Å². The van der Waals surface area contributed by atoms with Crippen molar-refractivity contribution in [3.05, 3.63) is 63.9 Å². The van der Waals surface area contributed by atoms with Gasteiger partial charge in [0, 0.05) is 36.1 Å². The highest BCUT2D eigenvalue weighted by Crippen LogP contribution is 2.31. The molecule has 0 N–H and O–H groups in total. The first-order valence-electron chi connectivity index (χ1n) is 9.58. The second-order valence-corrected chi connectivity index (χ2v) is 10.2. The number of piperidine rings is 1. The Bertz CT molecular complexity index is 1020. The maximum atomic E-state index is 13.1. The maximum Gasteiger partial charge on any atom is 0.243 e. The lowest BCUT2D eigenvalue weighted by Crippen LogP contribution is -2.44. The molecule has 0 bridgehead atoms. The third-order valence-electron chi connectivity index (χ3n) is 5.60. The number of carbonyl (C=O) groups excluding carboxylic acids is 1. The zero-order chi connectivity index (χ0) is 22.1. The van der Waals surface area contributed by atoms with Crippen LogP contribution in [0.1, 0.15) is 31.4 Å². The van der Waals surface area contributed by atoms with Crippen LogP contribution in [-0.2, 0) is 14.8 Å². The number of halogens is 3. The minimum absolute atomic E-state index is 0.0488. The van der Waals surface area contributed by atoms with E-state index in [1.165, 1.54) is 16.4 Å². The Kier molecular flexibility index (Phi) is 7.07. The van der Waals surface area contributed by atoms with Crippen LogP contribution in [0.25, 0.3) is 0 Å². The average molecular weight is 473 g/mol. The predicted molar refractivity (Wildman–Crippen MR) is 116 cm³/mol. The number of sulfonamides is 1. The SMILES string of the molecule is CC(c1ccc(Cl)cc1Cl)N(C)C(=O)C1CCN(S(=O)(=O)c2ccc(F)cc2)CC1. The van der Waals surface area contributed by atoms with Gasteiger partial charge in [0.1, 0.15) is 5.82 Å². The van der Waals surface area contributed by atoms with Crippen molar-refractivity contribution in [2.24, 2.45) is 5.92 Å². The Hall–Kier alpha value is -1.67. The van der Waals surface area contributed by atoms with Crippen LogP contribution in [0.3, 0.4) is 0 Å². The Morgan fingerprint density at radius 2 is 1.73 bits per heavy atom. The first-order valence-corrected chi connectivity index (χ1v) is 11.8. The molecule has 2 aromatic rings. The molecular weight excluding hydrogens is 450 g/mol. The fourth-order valence-electron chi connectivity index (χ4n) is 3.63. The lowest BCUT2D eigenvalue weighted by Gasteiger charge is -2.34. The largest absolute Gasteiger partial charge is 0.339 e. The third kappa shape index (κ3) is 4.80. The molecule has 0 aromatic heterocycles. The Balaban J connectivity index is 1.65. The van der Waals surface area contributed by atoms with Gasteiger partial charge in [-0.05, 0) is 61.7 Å². The van der Waals surface area contributed by atoms with E-state index in [0.29, 0.717) is 22.9 Å². The fraction of sp³-hybridized carbons (Fsp3) is 0.381. The molecule has 1 fully saturated rings. The van der Waals surface area contributed by atoms with Gasteiger partial charge in [-0.1, -0.05) is 29.3 Å². The molecule has 1 unspecified atom stereocenters. The molecule has 0 radical (unpaired) electrons. The lowest BCUT2D eigenvalue weighted by atomic mass is 9.95. The third-order valence-corrected chi connectivity index (χ3v) is 8.07. The highest BCUT2D eigenvalue weighted by molar-refractivity contribution is 7.89. The molecule has 9 heteroatoms. The van der Waals surface area contributed by atoms with E-state index in [9.17, 15) is 17.6 Å². The smallest absolute Gasteiger partial charge is 0.243 e. The lowest BCUT2D eigenvalue weighted by molar-refractivity contribution is -0.137. The number of benzene rings is 2. The monoisotopic (exact) mass is 472 g/mol. The predicted octanol–water partition coefficient (Wildman–Crippen LogP) is 4.75. The Morgan fingerprint density at radius 1 is 1.13 bits per heavy atom. The van der Waals surface area contributed by atoms with Gasteiger partial charge in [0.05, 0.1) is 10.9 Å². The quantitative estimate of drug-likeness (QED) is 0.630. The maximum absolute atomic E-state index is 13.1. The molecule has 30 heavy (non-hydrogen) atoms. The molecular formula is C21H23Cl2FN2O3S. The highest BCUT2D eigenvalue weighted by Gasteiger charge is 2.34. The second-order valence-electron chi connectivity index (χ2n) is 7.42. The van der Waals surface area contributed by atoms with Crippen molar-refractivity contribution in [2.45, 2.75) is 30.7 Å². The first kappa shape index (κ1) is 23.0. The molecule has 0 spiro atoms. The van der Waals surface area contributed by atoms with Gasteiger partial charge >= 0.3 is 0 Å². The number of nitrogens with zero attached hydrogens (tertiary/aromatic N) is 2. The number of carbonyl (C=O) groups is 1. The van der Waals surface area contributed by atoms with Crippen LogP contribution in [0.15, 0.2) is 47.4 Å². The highest BCUT2D eigenvalue weighted by atomic mass is 35.5. The second kappa shape index (κ2) is 9.22. The van der Waals surface area contributed by atoms with Crippen molar-refractivity contribution in [3.8, 4) is 0 Å². The summed E-state index contributed by atoms with van der Waals surface area (Å²) in [7, 11) is -1.98. The van der Waals surface area contributed by atoms with Crippen molar-refractivity contribution < 1.29 is 17.6 Å². The minimum Gasteiger partial charge on any atom is -0.339 e. The molecule has 162 valence electrons. The van der Waals surface area contributed by atoms with Crippen LogP contribution in [0, 0.1) is 11.7 Å². The Morgan fingerprint density at radius 3 is 2.30 bits per heavy atom. The van der Waals surface area contributed by atoms with E-state index in [2.05, 4.69) is 0 Å². The Labute approximate surface area is 186 Å². The summed E-state index contributed by atoms with van der Waals surface area (Å²) in [6.45, 7) is 2.36. The molecule has 1 aliphatic rings. The van der Waals surface area contributed by atoms with Crippen LogP contribution < -0.4 is 0 Å². The molecule has 1 saturated heterocycles. The molecule has 3 rings (SSSR count). The molecule has 1 atom stereocenters. The summed E-state index contributed by atoms with van der Waals surface area (Å²) in [5.74, 6) is -0.813. The standard InChI is InChI=1S/C21H23Cl2FN2O3S/c1-14(19-8-3-16(22)13-20(19)23)25(2)21(27)15-9-11-26(12-10-15)30(28,29)18-6-4-17(24)5-7-18/h3-8,13-15H,9-12H2,1-2H3. The zero-order valence-corrected chi connectivity index (χ0v) is 19.0. The summed E-state index contributed by atoms with van der Waals surface area (Å²) in [6, 6.07) is 9.70. The van der Waals surface area contributed by atoms with Crippen LogP contribution in [-0.4, -0.2) is 43.7 Å². The van der Waals surface area contributed by atoms with Crippen molar-refractivity contribution >= 4 is 39.1 Å². The van der Waals surface area contributed by atoms with Gasteiger partial charge < -0.3 is 4.90 Å².